The molecule has 0 aliphatic heterocycles. The van der Waals surface area contributed by atoms with Gasteiger partial charge in [0.2, 0.25) is 11.8 Å². The van der Waals surface area contributed by atoms with E-state index in [1.165, 1.54) is 0 Å². The van der Waals surface area contributed by atoms with E-state index in [9.17, 15) is 9.59 Å². The zero-order chi connectivity index (χ0) is 20.9. The minimum Gasteiger partial charge on any atom is -0.350 e. The van der Waals surface area contributed by atoms with Gasteiger partial charge in [0, 0.05) is 17.1 Å². The second kappa shape index (κ2) is 9.24. The average molecular weight is 401 g/mol. The number of benzene rings is 2. The van der Waals surface area contributed by atoms with Gasteiger partial charge in [-0.05, 0) is 57.9 Å². The number of nitrogens with one attached hydrogen (secondary N) is 1. The number of amides is 2. The van der Waals surface area contributed by atoms with E-state index in [4.69, 9.17) is 11.6 Å². The van der Waals surface area contributed by atoms with E-state index in [2.05, 4.69) is 5.32 Å². The van der Waals surface area contributed by atoms with Gasteiger partial charge in [0.15, 0.2) is 0 Å². The Morgan fingerprint density at radius 2 is 1.71 bits per heavy atom. The van der Waals surface area contributed by atoms with Gasteiger partial charge in [-0.2, -0.15) is 0 Å². The molecule has 2 amide bonds. The Hall–Kier alpha value is -2.33. The van der Waals surface area contributed by atoms with Gasteiger partial charge in [0.1, 0.15) is 6.04 Å². The molecule has 2 aromatic carbocycles. The molecule has 0 fully saturated rings. The zero-order valence-corrected chi connectivity index (χ0v) is 18.0. The standard InChI is InChI=1S/C23H29ClN2O2/c1-16-8-6-10-19(12-16)15-26(17(2)22(28)25-23(3,4)5)21(27)14-18-9-7-11-20(24)13-18/h6-13,17H,14-15H2,1-5H3,(H,25,28)/t17-/m1/s1. The van der Waals surface area contributed by atoms with Crippen LogP contribution in [-0.4, -0.2) is 28.3 Å². The van der Waals surface area contributed by atoms with Crippen molar-refractivity contribution in [3.8, 4) is 0 Å². The number of rotatable bonds is 6. The van der Waals surface area contributed by atoms with Gasteiger partial charge in [-0.1, -0.05) is 53.6 Å². The van der Waals surface area contributed by atoms with Crippen LogP contribution in [0.5, 0.6) is 0 Å². The highest BCUT2D eigenvalue weighted by molar-refractivity contribution is 6.30. The largest absolute Gasteiger partial charge is 0.350 e. The van der Waals surface area contributed by atoms with Crippen LogP contribution in [0.3, 0.4) is 0 Å². The Bertz CT molecular complexity index is 842. The van der Waals surface area contributed by atoms with Gasteiger partial charge in [-0.25, -0.2) is 0 Å². The van der Waals surface area contributed by atoms with E-state index in [0.717, 1.165) is 16.7 Å². The van der Waals surface area contributed by atoms with Crippen LogP contribution in [0, 0.1) is 6.92 Å². The summed E-state index contributed by atoms with van der Waals surface area (Å²) in [7, 11) is 0. The highest BCUT2D eigenvalue weighted by Crippen LogP contribution is 2.16. The minimum absolute atomic E-state index is 0.111. The van der Waals surface area contributed by atoms with Gasteiger partial charge >= 0.3 is 0 Å². The number of carbonyl (C=O) groups is 2. The summed E-state index contributed by atoms with van der Waals surface area (Å²) < 4.78 is 0. The van der Waals surface area contributed by atoms with E-state index in [1.54, 1.807) is 24.0 Å². The first-order valence-electron chi connectivity index (χ1n) is 9.46. The Kier molecular flexibility index (Phi) is 7.25. The molecule has 28 heavy (non-hydrogen) atoms. The molecule has 0 unspecified atom stereocenters. The van der Waals surface area contributed by atoms with Crippen molar-refractivity contribution < 1.29 is 9.59 Å². The predicted octanol–water partition coefficient (Wildman–Crippen LogP) is 4.52. The fourth-order valence-corrected chi connectivity index (χ4v) is 3.20. The van der Waals surface area contributed by atoms with E-state index in [1.807, 2.05) is 64.1 Å². The van der Waals surface area contributed by atoms with Gasteiger partial charge in [0.25, 0.3) is 0 Å². The van der Waals surface area contributed by atoms with Crippen molar-refractivity contribution >= 4 is 23.4 Å². The summed E-state index contributed by atoms with van der Waals surface area (Å²) in [6.07, 6.45) is 0.194. The molecule has 0 aromatic heterocycles. The maximum Gasteiger partial charge on any atom is 0.242 e. The zero-order valence-electron chi connectivity index (χ0n) is 17.3. The number of hydrogen-bond acceptors (Lipinski definition) is 2. The molecular formula is C23H29ClN2O2. The van der Waals surface area contributed by atoms with E-state index in [-0.39, 0.29) is 23.8 Å². The summed E-state index contributed by atoms with van der Waals surface area (Å²) in [5, 5.41) is 3.56. The monoisotopic (exact) mass is 400 g/mol. The molecule has 0 aliphatic carbocycles. The minimum atomic E-state index is -0.591. The second-order valence-electron chi connectivity index (χ2n) is 8.23. The summed E-state index contributed by atoms with van der Waals surface area (Å²) in [6, 6.07) is 14.6. The van der Waals surface area contributed by atoms with Crippen LogP contribution in [-0.2, 0) is 22.6 Å². The third-order valence-electron chi connectivity index (χ3n) is 4.35. The van der Waals surface area contributed by atoms with Crippen LogP contribution in [0.25, 0.3) is 0 Å². The average Bonchev–Trinajstić information content (AvgIpc) is 2.57. The molecule has 2 rings (SSSR count). The van der Waals surface area contributed by atoms with Crippen molar-refractivity contribution in [3.05, 3.63) is 70.2 Å². The fourth-order valence-electron chi connectivity index (χ4n) is 2.99. The Labute approximate surface area is 172 Å². The molecular weight excluding hydrogens is 372 g/mol. The Morgan fingerprint density at radius 3 is 2.32 bits per heavy atom. The first-order valence-corrected chi connectivity index (χ1v) is 9.84. The molecule has 0 saturated carbocycles. The molecule has 150 valence electrons. The molecule has 0 saturated heterocycles. The lowest BCUT2D eigenvalue weighted by Crippen LogP contribution is -2.52. The third-order valence-corrected chi connectivity index (χ3v) is 4.58. The van der Waals surface area contributed by atoms with Gasteiger partial charge in [0.05, 0.1) is 6.42 Å². The third kappa shape index (κ3) is 6.68. The first kappa shape index (κ1) is 22.0. The van der Waals surface area contributed by atoms with Crippen molar-refractivity contribution in [1.82, 2.24) is 10.2 Å². The molecule has 0 aliphatic rings. The van der Waals surface area contributed by atoms with Gasteiger partial charge < -0.3 is 10.2 Å². The smallest absolute Gasteiger partial charge is 0.242 e. The van der Waals surface area contributed by atoms with Crippen LogP contribution >= 0.6 is 11.6 Å². The van der Waals surface area contributed by atoms with Crippen LogP contribution in [0.15, 0.2) is 48.5 Å². The Morgan fingerprint density at radius 1 is 1.07 bits per heavy atom. The van der Waals surface area contributed by atoms with E-state index >= 15 is 0 Å². The van der Waals surface area contributed by atoms with Crippen molar-refractivity contribution in [3.63, 3.8) is 0 Å². The van der Waals surface area contributed by atoms with Crippen molar-refractivity contribution in [2.45, 2.75) is 59.2 Å². The lowest BCUT2D eigenvalue weighted by molar-refractivity contribution is -0.140. The Balaban J connectivity index is 2.26. The summed E-state index contributed by atoms with van der Waals surface area (Å²) in [5.74, 6) is -0.278. The number of hydrogen-bond donors (Lipinski definition) is 1. The molecule has 4 nitrogen and oxygen atoms in total. The van der Waals surface area contributed by atoms with Crippen LogP contribution < -0.4 is 5.32 Å². The lowest BCUT2D eigenvalue weighted by Gasteiger charge is -2.31. The molecule has 0 radical (unpaired) electrons. The normalized spacial score (nSPS) is 12.4. The molecule has 0 heterocycles. The molecule has 5 heteroatoms. The molecule has 0 bridgehead atoms. The summed E-state index contributed by atoms with van der Waals surface area (Å²) in [4.78, 5) is 27.5. The van der Waals surface area contributed by atoms with Crippen molar-refractivity contribution in [2.75, 3.05) is 0 Å². The molecule has 1 atom stereocenters. The first-order chi connectivity index (χ1) is 13.0. The molecule has 2 aromatic rings. The fraction of sp³-hybridized carbons (Fsp3) is 0.391. The van der Waals surface area contributed by atoms with E-state index in [0.29, 0.717) is 11.6 Å². The van der Waals surface area contributed by atoms with Gasteiger partial charge in [-0.3, -0.25) is 9.59 Å². The van der Waals surface area contributed by atoms with Crippen LogP contribution in [0.1, 0.15) is 44.4 Å². The quantitative estimate of drug-likeness (QED) is 0.774. The van der Waals surface area contributed by atoms with Crippen LogP contribution in [0.2, 0.25) is 5.02 Å². The highest BCUT2D eigenvalue weighted by Gasteiger charge is 2.28. The van der Waals surface area contributed by atoms with Crippen molar-refractivity contribution in [2.24, 2.45) is 0 Å². The van der Waals surface area contributed by atoms with E-state index < -0.39 is 6.04 Å². The summed E-state index contributed by atoms with van der Waals surface area (Å²) in [5.41, 5.74) is 2.58. The maximum absolute atomic E-state index is 13.1. The lowest BCUT2D eigenvalue weighted by atomic mass is 10.1. The van der Waals surface area contributed by atoms with Crippen molar-refractivity contribution in [1.29, 1.82) is 0 Å². The predicted molar refractivity (Wildman–Crippen MR) is 114 cm³/mol. The van der Waals surface area contributed by atoms with Gasteiger partial charge in [-0.15, -0.1) is 0 Å². The summed E-state index contributed by atoms with van der Waals surface area (Å²) >= 11 is 6.05. The number of carbonyl (C=O) groups excluding carboxylic acids is 2. The number of halogens is 1. The second-order valence-corrected chi connectivity index (χ2v) is 8.67. The maximum atomic E-state index is 13.1. The molecule has 0 spiro atoms. The topological polar surface area (TPSA) is 49.4 Å². The summed E-state index contributed by atoms with van der Waals surface area (Å²) in [6.45, 7) is 9.94. The van der Waals surface area contributed by atoms with Crippen LogP contribution in [0.4, 0.5) is 0 Å². The SMILES string of the molecule is Cc1cccc(CN(C(=O)Cc2cccc(Cl)c2)[C@H](C)C(=O)NC(C)(C)C)c1. The highest BCUT2D eigenvalue weighted by atomic mass is 35.5. The number of nitrogens with zero attached hydrogens (tertiary/aromatic N) is 1. The molecule has 1 N–H and O–H groups in total. The number of aryl methyl sites for hydroxylation is 1.